The van der Waals surface area contributed by atoms with Crippen molar-refractivity contribution in [1.82, 2.24) is 9.88 Å². The molecule has 0 radical (unpaired) electrons. The molecule has 0 amide bonds. The summed E-state index contributed by atoms with van der Waals surface area (Å²) in [6, 6.07) is 4.43. The summed E-state index contributed by atoms with van der Waals surface area (Å²) in [4.78, 5) is 6.47. The van der Waals surface area contributed by atoms with Gasteiger partial charge < -0.3 is 5.73 Å². The van der Waals surface area contributed by atoms with Crippen LogP contribution < -0.4 is 5.73 Å². The normalized spacial score (nSPS) is 25.6. The van der Waals surface area contributed by atoms with E-state index < -0.39 is 0 Å². The zero-order valence-corrected chi connectivity index (χ0v) is 10.2. The van der Waals surface area contributed by atoms with Gasteiger partial charge in [-0.3, -0.25) is 9.88 Å². The molecule has 1 aromatic rings. The van der Waals surface area contributed by atoms with Crippen LogP contribution in [0.3, 0.4) is 0 Å². The predicted molar refractivity (Wildman–Crippen MR) is 65.9 cm³/mol. The van der Waals surface area contributed by atoms with Crippen LogP contribution in [0.4, 0.5) is 0 Å². The summed E-state index contributed by atoms with van der Waals surface area (Å²) in [6.07, 6.45) is 4.88. The van der Waals surface area contributed by atoms with Crippen LogP contribution in [-0.4, -0.2) is 29.0 Å². The van der Waals surface area contributed by atoms with Gasteiger partial charge in [-0.15, -0.1) is 0 Å². The molecule has 2 N–H and O–H groups in total. The lowest BCUT2D eigenvalue weighted by Crippen LogP contribution is -2.52. The fourth-order valence-corrected chi connectivity index (χ4v) is 2.14. The minimum Gasteiger partial charge on any atom is -0.326 e. The summed E-state index contributed by atoms with van der Waals surface area (Å²) >= 11 is 0. The van der Waals surface area contributed by atoms with Crippen LogP contribution >= 0.6 is 0 Å². The lowest BCUT2D eigenvalue weighted by atomic mass is 9.78. The maximum absolute atomic E-state index is 6.20. The van der Waals surface area contributed by atoms with Crippen LogP contribution in [0.1, 0.15) is 25.8 Å². The van der Waals surface area contributed by atoms with Gasteiger partial charge in [-0.1, -0.05) is 13.8 Å². The van der Waals surface area contributed by atoms with E-state index in [-0.39, 0.29) is 11.5 Å². The summed E-state index contributed by atoms with van der Waals surface area (Å²) in [7, 11) is 0. The van der Waals surface area contributed by atoms with E-state index in [9.17, 15) is 0 Å². The Hall–Kier alpha value is -0.930. The molecule has 1 unspecified atom stereocenters. The monoisotopic (exact) mass is 219 g/mol. The molecule has 0 spiro atoms. The third-order valence-electron chi connectivity index (χ3n) is 3.69. The van der Waals surface area contributed by atoms with Crippen LogP contribution in [0, 0.1) is 5.41 Å². The van der Waals surface area contributed by atoms with Gasteiger partial charge in [0.25, 0.3) is 0 Å². The lowest BCUT2D eigenvalue weighted by molar-refractivity contribution is 0.101. The van der Waals surface area contributed by atoms with Gasteiger partial charge in [-0.05, 0) is 36.1 Å². The summed E-state index contributed by atoms with van der Waals surface area (Å²) in [5.41, 5.74) is 7.81. The maximum atomic E-state index is 6.20. The van der Waals surface area contributed by atoms with Gasteiger partial charge in [0, 0.05) is 31.5 Å². The molecule has 3 heteroatoms. The Balaban J connectivity index is 1.94. The largest absolute Gasteiger partial charge is 0.326 e. The quantitative estimate of drug-likeness (QED) is 0.822. The number of rotatable bonds is 2. The molecule has 88 valence electrons. The number of nitrogens with zero attached hydrogens (tertiary/aromatic N) is 2. The van der Waals surface area contributed by atoms with Gasteiger partial charge in [0.15, 0.2) is 0 Å². The summed E-state index contributed by atoms with van der Waals surface area (Å²) in [6.45, 7) is 7.66. The molecular formula is C13H21N3. The third kappa shape index (κ3) is 2.60. The zero-order valence-electron chi connectivity index (χ0n) is 10.2. The second-order valence-corrected chi connectivity index (χ2v) is 5.44. The van der Waals surface area contributed by atoms with E-state index in [1.54, 1.807) is 0 Å². The highest BCUT2D eigenvalue weighted by Gasteiger charge is 2.32. The van der Waals surface area contributed by atoms with E-state index in [0.717, 1.165) is 19.6 Å². The molecule has 0 bridgehead atoms. The van der Waals surface area contributed by atoms with E-state index in [4.69, 9.17) is 5.73 Å². The van der Waals surface area contributed by atoms with E-state index >= 15 is 0 Å². The highest BCUT2D eigenvalue weighted by Crippen LogP contribution is 2.29. The van der Waals surface area contributed by atoms with Crippen molar-refractivity contribution in [3.05, 3.63) is 30.1 Å². The van der Waals surface area contributed by atoms with Crippen molar-refractivity contribution in [2.24, 2.45) is 11.1 Å². The van der Waals surface area contributed by atoms with E-state index in [1.807, 2.05) is 12.4 Å². The third-order valence-corrected chi connectivity index (χ3v) is 3.69. The number of nitrogens with two attached hydrogens (primary N) is 1. The molecule has 1 aliphatic rings. The lowest BCUT2D eigenvalue weighted by Gasteiger charge is -2.42. The first-order chi connectivity index (χ1) is 7.58. The van der Waals surface area contributed by atoms with Crippen molar-refractivity contribution in [3.63, 3.8) is 0 Å². The molecule has 1 aromatic heterocycles. The van der Waals surface area contributed by atoms with Crippen molar-refractivity contribution in [3.8, 4) is 0 Å². The topological polar surface area (TPSA) is 42.2 Å². The summed E-state index contributed by atoms with van der Waals surface area (Å²) in [5, 5.41) is 0. The Morgan fingerprint density at radius 2 is 2.12 bits per heavy atom. The Morgan fingerprint density at radius 1 is 1.44 bits per heavy atom. The first kappa shape index (κ1) is 11.6. The van der Waals surface area contributed by atoms with Crippen molar-refractivity contribution in [1.29, 1.82) is 0 Å². The fourth-order valence-electron chi connectivity index (χ4n) is 2.14. The molecule has 1 fully saturated rings. The molecule has 1 atom stereocenters. The molecular weight excluding hydrogens is 198 g/mol. The molecule has 1 saturated heterocycles. The predicted octanol–water partition coefficient (Wildman–Crippen LogP) is 1.64. The average Bonchev–Trinajstić information content (AvgIpc) is 2.26. The van der Waals surface area contributed by atoms with Gasteiger partial charge in [0.05, 0.1) is 0 Å². The Kier molecular flexibility index (Phi) is 3.26. The SMILES string of the molecule is CC1(C)CCN(Cc2ccncc2)CC1N. The molecule has 16 heavy (non-hydrogen) atoms. The van der Waals surface area contributed by atoms with Crippen LogP contribution in [0.2, 0.25) is 0 Å². The number of piperidine rings is 1. The van der Waals surface area contributed by atoms with Crippen molar-refractivity contribution >= 4 is 0 Å². The van der Waals surface area contributed by atoms with Crippen molar-refractivity contribution in [2.75, 3.05) is 13.1 Å². The van der Waals surface area contributed by atoms with Crippen LogP contribution in [0.5, 0.6) is 0 Å². The highest BCUT2D eigenvalue weighted by atomic mass is 15.1. The maximum Gasteiger partial charge on any atom is 0.0271 e. The smallest absolute Gasteiger partial charge is 0.0271 e. The zero-order chi connectivity index (χ0) is 11.6. The Morgan fingerprint density at radius 3 is 2.75 bits per heavy atom. The van der Waals surface area contributed by atoms with Crippen molar-refractivity contribution in [2.45, 2.75) is 32.9 Å². The Labute approximate surface area is 97.7 Å². The Bertz CT molecular complexity index is 334. The first-order valence-corrected chi connectivity index (χ1v) is 5.95. The second-order valence-electron chi connectivity index (χ2n) is 5.44. The molecule has 3 nitrogen and oxygen atoms in total. The van der Waals surface area contributed by atoms with Gasteiger partial charge in [-0.25, -0.2) is 0 Å². The van der Waals surface area contributed by atoms with E-state index in [2.05, 4.69) is 35.9 Å². The van der Waals surface area contributed by atoms with Gasteiger partial charge in [-0.2, -0.15) is 0 Å². The standard InChI is InChI=1S/C13H21N3/c1-13(2)5-8-16(10-12(13)14)9-11-3-6-15-7-4-11/h3-4,6-7,12H,5,8-10,14H2,1-2H3. The highest BCUT2D eigenvalue weighted by molar-refractivity contribution is 5.09. The number of hydrogen-bond acceptors (Lipinski definition) is 3. The minimum atomic E-state index is 0.281. The molecule has 0 saturated carbocycles. The molecule has 0 aromatic carbocycles. The van der Waals surface area contributed by atoms with Crippen molar-refractivity contribution < 1.29 is 0 Å². The second kappa shape index (κ2) is 4.52. The fraction of sp³-hybridized carbons (Fsp3) is 0.615. The summed E-state index contributed by atoms with van der Waals surface area (Å²) in [5.74, 6) is 0. The van der Waals surface area contributed by atoms with Crippen LogP contribution in [0.25, 0.3) is 0 Å². The molecule has 2 rings (SSSR count). The van der Waals surface area contributed by atoms with Crippen LogP contribution in [-0.2, 0) is 6.54 Å². The van der Waals surface area contributed by atoms with Gasteiger partial charge >= 0.3 is 0 Å². The van der Waals surface area contributed by atoms with Gasteiger partial charge in [0.2, 0.25) is 0 Å². The number of aromatic nitrogens is 1. The minimum absolute atomic E-state index is 0.281. The molecule has 2 heterocycles. The first-order valence-electron chi connectivity index (χ1n) is 5.95. The molecule has 0 aliphatic carbocycles. The number of likely N-dealkylation sites (tertiary alicyclic amines) is 1. The van der Waals surface area contributed by atoms with E-state index in [0.29, 0.717) is 0 Å². The van der Waals surface area contributed by atoms with E-state index in [1.165, 1.54) is 12.0 Å². The van der Waals surface area contributed by atoms with Crippen LogP contribution in [0.15, 0.2) is 24.5 Å². The summed E-state index contributed by atoms with van der Waals surface area (Å²) < 4.78 is 0. The average molecular weight is 219 g/mol. The number of hydrogen-bond donors (Lipinski definition) is 1. The number of pyridine rings is 1. The molecule has 1 aliphatic heterocycles. The van der Waals surface area contributed by atoms with Gasteiger partial charge in [0.1, 0.15) is 0 Å².